The Balaban J connectivity index is 1.47. The molecule has 146 valence electrons. The minimum Gasteiger partial charge on any atom is -0.509 e. The molecular weight excluding hydrogens is 368 g/mol. The van der Waals surface area contributed by atoms with E-state index in [9.17, 15) is 14.7 Å². The molecule has 1 aliphatic heterocycles. The Hall–Kier alpha value is -3.87. The van der Waals surface area contributed by atoms with Crippen LogP contribution in [0.1, 0.15) is 5.69 Å². The van der Waals surface area contributed by atoms with Crippen LogP contribution in [-0.4, -0.2) is 32.5 Å². The van der Waals surface area contributed by atoms with Gasteiger partial charge in [0.15, 0.2) is 0 Å². The van der Waals surface area contributed by atoms with Crippen LogP contribution < -0.4 is 10.6 Å². The van der Waals surface area contributed by atoms with Crippen molar-refractivity contribution >= 4 is 17.5 Å². The van der Waals surface area contributed by atoms with Crippen LogP contribution in [0.15, 0.2) is 78.5 Å². The number of imidazole rings is 1. The zero-order valence-electron chi connectivity index (χ0n) is 15.8. The minimum absolute atomic E-state index is 0.265. The molecule has 3 N–H and O–H groups in total. The Morgan fingerprint density at radius 2 is 1.83 bits per heavy atom. The first-order chi connectivity index (χ1) is 14.0. The molecule has 0 aliphatic carbocycles. The fourth-order valence-corrected chi connectivity index (χ4v) is 3.31. The Bertz CT molecular complexity index is 1080. The van der Waals surface area contributed by atoms with Gasteiger partial charge in [-0.1, -0.05) is 42.5 Å². The predicted octanol–water partition coefficient (Wildman–Crippen LogP) is 2.58. The quantitative estimate of drug-likeness (QED) is 0.586. The van der Waals surface area contributed by atoms with E-state index in [2.05, 4.69) is 15.6 Å². The molecule has 2 amide bonds. The van der Waals surface area contributed by atoms with Gasteiger partial charge in [0.1, 0.15) is 11.3 Å². The van der Waals surface area contributed by atoms with Crippen molar-refractivity contribution in [1.82, 2.24) is 14.9 Å². The second-order valence-electron chi connectivity index (χ2n) is 6.92. The lowest BCUT2D eigenvalue weighted by molar-refractivity contribution is -0.120. The maximum absolute atomic E-state index is 12.6. The largest absolute Gasteiger partial charge is 0.509 e. The lowest BCUT2D eigenvalue weighted by Crippen LogP contribution is -2.31. The number of aryl methyl sites for hydroxylation is 1. The van der Waals surface area contributed by atoms with E-state index in [0.29, 0.717) is 17.8 Å². The van der Waals surface area contributed by atoms with E-state index in [1.807, 2.05) is 49.5 Å². The monoisotopic (exact) mass is 388 g/mol. The molecule has 1 aliphatic rings. The van der Waals surface area contributed by atoms with Gasteiger partial charge in [-0.25, -0.2) is 4.98 Å². The number of carbonyl (C=O) groups is 2. The molecule has 3 aromatic rings. The van der Waals surface area contributed by atoms with E-state index in [-0.39, 0.29) is 11.3 Å². The molecule has 1 aromatic heterocycles. The Kier molecular flexibility index (Phi) is 4.87. The first-order valence-corrected chi connectivity index (χ1v) is 9.19. The van der Waals surface area contributed by atoms with Gasteiger partial charge in [-0.2, -0.15) is 0 Å². The third kappa shape index (κ3) is 3.89. The van der Waals surface area contributed by atoms with Gasteiger partial charge in [0.2, 0.25) is 0 Å². The molecule has 0 saturated carbocycles. The van der Waals surface area contributed by atoms with Crippen molar-refractivity contribution in [3.63, 3.8) is 0 Å². The fourth-order valence-electron chi connectivity index (χ4n) is 3.31. The molecule has 29 heavy (non-hydrogen) atoms. The molecule has 4 rings (SSSR count). The van der Waals surface area contributed by atoms with E-state index >= 15 is 0 Å². The van der Waals surface area contributed by atoms with Crippen molar-refractivity contribution in [3.05, 3.63) is 84.1 Å². The number of aromatic nitrogens is 2. The van der Waals surface area contributed by atoms with Gasteiger partial charge < -0.3 is 20.3 Å². The highest BCUT2D eigenvalue weighted by Crippen LogP contribution is 2.23. The van der Waals surface area contributed by atoms with Gasteiger partial charge in [0.05, 0.1) is 18.1 Å². The van der Waals surface area contributed by atoms with Crippen molar-refractivity contribution in [2.24, 2.45) is 7.05 Å². The summed E-state index contributed by atoms with van der Waals surface area (Å²) in [6.45, 7) is 0. The number of carbonyl (C=O) groups excluding carboxylic acids is 2. The molecule has 0 radical (unpaired) electrons. The SMILES string of the molecule is Cn1cnc(CC2NC(=O)C(C(=O)Nc3ccc(-c4ccccc4)cc3)=C2O)c1. The molecule has 1 unspecified atom stereocenters. The molecule has 0 bridgehead atoms. The Labute approximate surface area is 167 Å². The zero-order chi connectivity index (χ0) is 20.4. The topological polar surface area (TPSA) is 96.2 Å². The van der Waals surface area contributed by atoms with Crippen molar-refractivity contribution in [3.8, 4) is 11.1 Å². The summed E-state index contributed by atoms with van der Waals surface area (Å²) in [5.74, 6) is -1.50. The lowest BCUT2D eigenvalue weighted by Gasteiger charge is -2.08. The van der Waals surface area contributed by atoms with E-state index in [1.165, 1.54) is 0 Å². The summed E-state index contributed by atoms with van der Waals surface area (Å²) in [5, 5.41) is 15.7. The molecule has 7 nitrogen and oxygen atoms in total. The number of amides is 2. The predicted molar refractivity (Wildman–Crippen MR) is 109 cm³/mol. The average molecular weight is 388 g/mol. The Morgan fingerprint density at radius 1 is 1.14 bits per heavy atom. The van der Waals surface area contributed by atoms with Gasteiger partial charge >= 0.3 is 0 Å². The van der Waals surface area contributed by atoms with Crippen LogP contribution in [0.5, 0.6) is 0 Å². The van der Waals surface area contributed by atoms with Gasteiger partial charge in [-0.05, 0) is 23.3 Å². The number of hydrogen-bond donors (Lipinski definition) is 3. The van der Waals surface area contributed by atoms with E-state index in [4.69, 9.17) is 0 Å². The van der Waals surface area contributed by atoms with Crippen LogP contribution >= 0.6 is 0 Å². The number of hydrogen-bond acceptors (Lipinski definition) is 4. The van der Waals surface area contributed by atoms with E-state index in [0.717, 1.165) is 11.1 Å². The minimum atomic E-state index is -0.668. The molecule has 2 heterocycles. The summed E-state index contributed by atoms with van der Waals surface area (Å²) in [5.41, 5.74) is 3.06. The number of nitrogens with one attached hydrogen (secondary N) is 2. The number of anilines is 1. The zero-order valence-corrected chi connectivity index (χ0v) is 15.8. The average Bonchev–Trinajstić information content (AvgIpc) is 3.25. The van der Waals surface area contributed by atoms with E-state index < -0.39 is 17.9 Å². The smallest absolute Gasteiger partial charge is 0.264 e. The third-order valence-corrected chi connectivity index (χ3v) is 4.77. The van der Waals surface area contributed by atoms with Gasteiger partial charge in [0, 0.05) is 25.4 Å². The van der Waals surface area contributed by atoms with Crippen LogP contribution in [0.3, 0.4) is 0 Å². The second kappa shape index (κ2) is 7.63. The molecule has 0 saturated heterocycles. The summed E-state index contributed by atoms with van der Waals surface area (Å²) < 4.78 is 1.78. The highest BCUT2D eigenvalue weighted by atomic mass is 16.3. The van der Waals surface area contributed by atoms with Gasteiger partial charge in [-0.15, -0.1) is 0 Å². The van der Waals surface area contributed by atoms with E-state index in [1.54, 1.807) is 29.2 Å². The van der Waals surface area contributed by atoms with Gasteiger partial charge in [-0.3, -0.25) is 9.59 Å². The fraction of sp³-hybridized carbons (Fsp3) is 0.136. The number of nitrogens with zero attached hydrogens (tertiary/aromatic N) is 2. The second-order valence-corrected chi connectivity index (χ2v) is 6.92. The highest BCUT2D eigenvalue weighted by Gasteiger charge is 2.36. The van der Waals surface area contributed by atoms with Crippen molar-refractivity contribution in [1.29, 1.82) is 0 Å². The van der Waals surface area contributed by atoms with Crippen molar-refractivity contribution < 1.29 is 14.7 Å². The highest BCUT2D eigenvalue weighted by molar-refractivity contribution is 6.24. The van der Waals surface area contributed by atoms with Crippen molar-refractivity contribution in [2.75, 3.05) is 5.32 Å². The molecule has 1 atom stereocenters. The summed E-state index contributed by atoms with van der Waals surface area (Å²) in [4.78, 5) is 29.0. The van der Waals surface area contributed by atoms with Gasteiger partial charge in [0.25, 0.3) is 11.8 Å². The summed E-state index contributed by atoms with van der Waals surface area (Å²) in [7, 11) is 1.83. The number of benzene rings is 2. The summed E-state index contributed by atoms with van der Waals surface area (Å²) >= 11 is 0. The lowest BCUT2D eigenvalue weighted by atomic mass is 10.1. The maximum Gasteiger partial charge on any atom is 0.264 e. The summed E-state index contributed by atoms with van der Waals surface area (Å²) in [6, 6.07) is 16.5. The van der Waals surface area contributed by atoms with Crippen LogP contribution in [0, 0.1) is 0 Å². The standard InChI is InChI=1S/C22H20N4O3/c1-26-12-17(23-13-26)11-18-20(27)19(22(29)25-18)21(28)24-16-9-7-15(8-10-16)14-5-3-2-4-6-14/h2-10,12-13,18,27H,11H2,1H3,(H,24,28)(H,25,29). The third-order valence-electron chi connectivity index (χ3n) is 4.77. The van der Waals surface area contributed by atoms with Crippen LogP contribution in [0.2, 0.25) is 0 Å². The number of aliphatic hydroxyl groups is 1. The molecular formula is C22H20N4O3. The van der Waals surface area contributed by atoms with Crippen molar-refractivity contribution in [2.45, 2.75) is 12.5 Å². The molecule has 7 heteroatoms. The number of rotatable bonds is 5. The first kappa shape index (κ1) is 18.5. The van der Waals surface area contributed by atoms with Crippen LogP contribution in [0.25, 0.3) is 11.1 Å². The normalized spacial score (nSPS) is 16.0. The number of aliphatic hydroxyl groups excluding tert-OH is 1. The first-order valence-electron chi connectivity index (χ1n) is 9.19. The molecule has 2 aromatic carbocycles. The molecule has 0 fully saturated rings. The Morgan fingerprint density at radius 3 is 2.48 bits per heavy atom. The maximum atomic E-state index is 12.6. The summed E-state index contributed by atoms with van der Waals surface area (Å²) in [6.07, 6.45) is 3.74. The van der Waals surface area contributed by atoms with Crippen LogP contribution in [-0.2, 0) is 23.1 Å². The molecule has 0 spiro atoms. The van der Waals surface area contributed by atoms with Crippen LogP contribution in [0.4, 0.5) is 5.69 Å².